The third kappa shape index (κ3) is 4.13. The fraction of sp³-hybridized carbons (Fsp3) is 0.400. The zero-order valence-corrected chi connectivity index (χ0v) is 12.2. The van der Waals surface area contributed by atoms with Crippen LogP contribution in [-0.2, 0) is 0 Å². The maximum Gasteiger partial charge on any atom is 0.273 e. The third-order valence-corrected chi connectivity index (χ3v) is 3.06. The van der Waals surface area contributed by atoms with Crippen LogP contribution in [0, 0.1) is 5.92 Å². The molecule has 0 radical (unpaired) electrons. The van der Waals surface area contributed by atoms with Crippen molar-refractivity contribution in [3.63, 3.8) is 0 Å². The van der Waals surface area contributed by atoms with Crippen LogP contribution in [0.1, 0.15) is 30.8 Å². The maximum absolute atomic E-state index is 12.1. The molecule has 0 saturated carbocycles. The lowest BCUT2D eigenvalue weighted by molar-refractivity contribution is 0.0903. The monoisotopic (exact) mass is 288 g/mol. The summed E-state index contributed by atoms with van der Waals surface area (Å²) in [6.07, 6.45) is 2.30. The van der Waals surface area contributed by atoms with Crippen molar-refractivity contribution >= 4 is 5.91 Å². The van der Waals surface area contributed by atoms with Crippen LogP contribution in [0.4, 0.5) is 0 Å². The van der Waals surface area contributed by atoms with E-state index in [1.54, 1.807) is 10.9 Å². The molecule has 0 spiro atoms. The Morgan fingerprint density at radius 2 is 2.05 bits per heavy atom. The molecule has 1 amide bonds. The van der Waals surface area contributed by atoms with E-state index >= 15 is 0 Å². The Labute approximate surface area is 123 Å². The smallest absolute Gasteiger partial charge is 0.273 e. The highest BCUT2D eigenvalue weighted by molar-refractivity contribution is 5.92. The molecule has 0 fully saturated rings. The predicted octanol–water partition coefficient (Wildman–Crippen LogP) is 1.40. The van der Waals surface area contributed by atoms with Crippen molar-refractivity contribution in [2.45, 2.75) is 26.3 Å². The molecule has 2 aromatic rings. The van der Waals surface area contributed by atoms with Gasteiger partial charge in [-0.1, -0.05) is 37.3 Å². The van der Waals surface area contributed by atoms with Gasteiger partial charge in [0.05, 0.1) is 24.5 Å². The van der Waals surface area contributed by atoms with Gasteiger partial charge < -0.3 is 10.4 Å². The number of hydrogen-bond donors (Lipinski definition) is 2. The van der Waals surface area contributed by atoms with E-state index in [0.717, 1.165) is 12.1 Å². The highest BCUT2D eigenvalue weighted by atomic mass is 16.3. The minimum atomic E-state index is -0.322. The molecule has 0 aliphatic rings. The van der Waals surface area contributed by atoms with Gasteiger partial charge in [-0.15, -0.1) is 5.10 Å². The third-order valence-electron chi connectivity index (χ3n) is 3.06. The molecule has 0 bridgehead atoms. The number of aliphatic hydroxyl groups is 1. The summed E-state index contributed by atoms with van der Waals surface area (Å²) in [5.41, 5.74) is 1.07. The summed E-state index contributed by atoms with van der Waals surface area (Å²) in [5, 5.41) is 19.9. The van der Waals surface area contributed by atoms with Crippen LogP contribution in [0.2, 0.25) is 0 Å². The first-order valence-electron chi connectivity index (χ1n) is 6.99. The molecule has 6 nitrogen and oxygen atoms in total. The number of carbonyl (C=O) groups is 1. The van der Waals surface area contributed by atoms with Gasteiger partial charge in [-0.25, -0.2) is 4.68 Å². The number of hydrogen-bond acceptors (Lipinski definition) is 4. The lowest BCUT2D eigenvalue weighted by Gasteiger charge is -2.17. The van der Waals surface area contributed by atoms with Crippen LogP contribution in [-0.4, -0.2) is 38.7 Å². The highest BCUT2D eigenvalue weighted by Gasteiger charge is 2.17. The summed E-state index contributed by atoms with van der Waals surface area (Å²) in [4.78, 5) is 12.1. The Bertz CT molecular complexity index is 580. The van der Waals surface area contributed by atoms with Gasteiger partial charge in [0, 0.05) is 0 Å². The van der Waals surface area contributed by atoms with E-state index in [4.69, 9.17) is 0 Å². The molecule has 1 atom stereocenters. The number of nitrogens with one attached hydrogen (secondary N) is 1. The van der Waals surface area contributed by atoms with Gasteiger partial charge in [0.25, 0.3) is 5.91 Å². The van der Waals surface area contributed by atoms with E-state index in [1.165, 1.54) is 0 Å². The van der Waals surface area contributed by atoms with E-state index in [2.05, 4.69) is 15.6 Å². The topological polar surface area (TPSA) is 80.0 Å². The van der Waals surface area contributed by atoms with Crippen molar-refractivity contribution in [3.8, 4) is 5.69 Å². The van der Waals surface area contributed by atoms with Crippen molar-refractivity contribution in [2.75, 3.05) is 6.61 Å². The zero-order valence-electron chi connectivity index (χ0n) is 12.2. The molecule has 0 aliphatic heterocycles. The largest absolute Gasteiger partial charge is 0.394 e. The van der Waals surface area contributed by atoms with Crippen LogP contribution in [0.15, 0.2) is 36.5 Å². The number of amides is 1. The van der Waals surface area contributed by atoms with Crippen LogP contribution in [0.3, 0.4) is 0 Å². The van der Waals surface area contributed by atoms with Crippen LogP contribution >= 0.6 is 0 Å². The lowest BCUT2D eigenvalue weighted by atomic mass is 10.0. The SMILES string of the molecule is CC(C)CC(CO)NC(=O)c1cn(-c2ccccc2)nn1. The fourth-order valence-electron chi connectivity index (χ4n) is 2.08. The Morgan fingerprint density at radius 1 is 1.33 bits per heavy atom. The summed E-state index contributed by atoms with van der Waals surface area (Å²) in [6, 6.07) is 9.19. The first-order chi connectivity index (χ1) is 10.1. The number of aromatic nitrogens is 3. The second-order valence-electron chi connectivity index (χ2n) is 5.37. The minimum Gasteiger partial charge on any atom is -0.394 e. The Morgan fingerprint density at radius 3 is 2.67 bits per heavy atom. The molecule has 21 heavy (non-hydrogen) atoms. The van der Waals surface area contributed by atoms with E-state index in [1.807, 2.05) is 44.2 Å². The van der Waals surface area contributed by atoms with Gasteiger partial charge in [0.1, 0.15) is 0 Å². The molecule has 1 unspecified atom stereocenters. The van der Waals surface area contributed by atoms with Crippen LogP contribution in [0.25, 0.3) is 5.69 Å². The molecule has 1 aromatic carbocycles. The maximum atomic E-state index is 12.1. The molecule has 6 heteroatoms. The number of benzene rings is 1. The number of carbonyl (C=O) groups excluding carboxylic acids is 1. The summed E-state index contributed by atoms with van der Waals surface area (Å²) in [5.74, 6) is 0.0688. The quantitative estimate of drug-likeness (QED) is 0.842. The molecule has 1 aromatic heterocycles. The van der Waals surface area contributed by atoms with Crippen molar-refractivity contribution < 1.29 is 9.90 Å². The number of para-hydroxylation sites is 1. The molecular weight excluding hydrogens is 268 g/mol. The van der Waals surface area contributed by atoms with Gasteiger partial charge in [-0.05, 0) is 24.5 Å². The fourth-order valence-corrected chi connectivity index (χ4v) is 2.08. The Kier molecular flexibility index (Phi) is 5.05. The molecule has 1 heterocycles. The number of rotatable bonds is 6. The van der Waals surface area contributed by atoms with E-state index in [0.29, 0.717) is 5.92 Å². The Balaban J connectivity index is 2.05. The molecule has 0 saturated heterocycles. The molecule has 112 valence electrons. The van der Waals surface area contributed by atoms with Crippen molar-refractivity contribution in [1.29, 1.82) is 0 Å². The average Bonchev–Trinajstić information content (AvgIpc) is 2.97. The summed E-state index contributed by atoms with van der Waals surface area (Å²) in [7, 11) is 0. The zero-order chi connectivity index (χ0) is 15.2. The first-order valence-corrected chi connectivity index (χ1v) is 6.99. The predicted molar refractivity (Wildman–Crippen MR) is 79.2 cm³/mol. The van der Waals surface area contributed by atoms with Crippen molar-refractivity contribution in [2.24, 2.45) is 5.92 Å². The lowest BCUT2D eigenvalue weighted by Crippen LogP contribution is -2.38. The minimum absolute atomic E-state index is 0.0866. The van der Waals surface area contributed by atoms with Gasteiger partial charge in [0.2, 0.25) is 0 Å². The molecule has 2 rings (SSSR count). The van der Waals surface area contributed by atoms with Gasteiger partial charge >= 0.3 is 0 Å². The highest BCUT2D eigenvalue weighted by Crippen LogP contribution is 2.07. The summed E-state index contributed by atoms with van der Waals surface area (Å²) in [6.45, 7) is 4.00. The van der Waals surface area contributed by atoms with Crippen LogP contribution in [0.5, 0.6) is 0 Å². The van der Waals surface area contributed by atoms with Crippen LogP contribution < -0.4 is 5.32 Å². The standard InChI is InChI=1S/C15H20N4O2/c1-11(2)8-12(10-20)16-15(21)14-9-19(18-17-14)13-6-4-3-5-7-13/h3-7,9,11-12,20H,8,10H2,1-2H3,(H,16,21). The van der Waals surface area contributed by atoms with Crippen molar-refractivity contribution in [3.05, 3.63) is 42.2 Å². The molecule has 0 aliphatic carbocycles. The Hall–Kier alpha value is -2.21. The number of aliphatic hydroxyl groups excluding tert-OH is 1. The van der Waals surface area contributed by atoms with Gasteiger partial charge in [-0.3, -0.25) is 4.79 Å². The second-order valence-corrected chi connectivity index (χ2v) is 5.37. The van der Waals surface area contributed by atoms with Gasteiger partial charge in [0.15, 0.2) is 5.69 Å². The average molecular weight is 288 g/mol. The summed E-state index contributed by atoms with van der Waals surface area (Å²) >= 11 is 0. The van der Waals surface area contributed by atoms with Gasteiger partial charge in [-0.2, -0.15) is 0 Å². The molecular formula is C15H20N4O2. The van der Waals surface area contributed by atoms with E-state index < -0.39 is 0 Å². The number of nitrogens with zero attached hydrogens (tertiary/aromatic N) is 3. The summed E-state index contributed by atoms with van der Waals surface area (Å²) < 4.78 is 1.55. The van der Waals surface area contributed by atoms with E-state index in [9.17, 15) is 9.90 Å². The second kappa shape index (κ2) is 6.99. The normalized spacial score (nSPS) is 12.4. The van der Waals surface area contributed by atoms with E-state index in [-0.39, 0.29) is 24.2 Å². The van der Waals surface area contributed by atoms with Crippen molar-refractivity contribution in [1.82, 2.24) is 20.3 Å². The molecule has 2 N–H and O–H groups in total. The first kappa shape index (κ1) is 15.2.